The molecule has 1 amide bonds. The van der Waals surface area contributed by atoms with Crippen molar-refractivity contribution < 1.29 is 9.53 Å². The molecule has 9 heteroatoms. The van der Waals surface area contributed by atoms with Crippen LogP contribution in [0.25, 0.3) is 16.7 Å². The van der Waals surface area contributed by atoms with Crippen LogP contribution in [0.15, 0.2) is 65.1 Å². The molecule has 3 aromatic carbocycles. The van der Waals surface area contributed by atoms with Gasteiger partial charge in [-0.25, -0.2) is 0 Å². The summed E-state index contributed by atoms with van der Waals surface area (Å²) in [5.74, 6) is 0.360. The zero-order valence-electron chi connectivity index (χ0n) is 19.5. The average Bonchev–Trinajstić information content (AvgIpc) is 3.27. The second kappa shape index (κ2) is 11.4. The SMILES string of the molecule is CCCCc1ccc(-n2nc3ccc(NC(=S)NC(=O)c4ccc(OCC)c(Br)c4)cc3n2)cc1. The molecular formula is C26H26BrN5O2S. The second-order valence-electron chi connectivity index (χ2n) is 7.95. The molecule has 7 nitrogen and oxygen atoms in total. The van der Waals surface area contributed by atoms with E-state index < -0.39 is 0 Å². The highest BCUT2D eigenvalue weighted by atomic mass is 79.9. The standard InChI is InChI=1S/C26H26BrN5O2S/c1-3-5-6-17-7-11-20(12-8-17)32-30-22-13-10-19(16-23(22)31-32)28-26(35)29-25(33)18-9-14-24(34-4-2)21(27)15-18/h7-16H,3-6H2,1-2H3,(H2,28,29,33,35). The molecule has 35 heavy (non-hydrogen) atoms. The van der Waals surface area contributed by atoms with Gasteiger partial charge in [-0.3, -0.25) is 10.1 Å². The number of amides is 1. The number of thiocarbonyl (C=S) groups is 1. The van der Waals surface area contributed by atoms with Gasteiger partial charge < -0.3 is 10.1 Å². The van der Waals surface area contributed by atoms with E-state index in [9.17, 15) is 4.79 Å². The number of aryl methyl sites for hydroxylation is 1. The molecule has 0 fully saturated rings. The van der Waals surface area contributed by atoms with E-state index in [1.54, 1.807) is 23.0 Å². The van der Waals surface area contributed by atoms with Gasteiger partial charge in [0.1, 0.15) is 16.8 Å². The molecule has 4 aromatic rings. The quantitative estimate of drug-likeness (QED) is 0.259. The first-order valence-electron chi connectivity index (χ1n) is 11.5. The first kappa shape index (κ1) is 24.8. The number of fused-ring (bicyclic) bond motifs is 1. The van der Waals surface area contributed by atoms with E-state index in [0.29, 0.717) is 28.1 Å². The monoisotopic (exact) mass is 551 g/mol. The van der Waals surface area contributed by atoms with Gasteiger partial charge in [-0.15, -0.1) is 10.2 Å². The fourth-order valence-electron chi connectivity index (χ4n) is 3.54. The molecule has 0 aliphatic heterocycles. The summed E-state index contributed by atoms with van der Waals surface area (Å²) >= 11 is 8.76. The second-order valence-corrected chi connectivity index (χ2v) is 9.21. The van der Waals surface area contributed by atoms with E-state index in [-0.39, 0.29) is 11.0 Å². The summed E-state index contributed by atoms with van der Waals surface area (Å²) in [6.45, 7) is 4.64. The number of benzene rings is 3. The number of hydrogen-bond donors (Lipinski definition) is 2. The Morgan fingerprint density at radius 3 is 2.51 bits per heavy atom. The molecule has 0 saturated carbocycles. The lowest BCUT2D eigenvalue weighted by molar-refractivity contribution is 0.0977. The zero-order chi connectivity index (χ0) is 24.8. The van der Waals surface area contributed by atoms with Crippen molar-refractivity contribution in [2.75, 3.05) is 11.9 Å². The van der Waals surface area contributed by atoms with Crippen molar-refractivity contribution in [2.24, 2.45) is 0 Å². The topological polar surface area (TPSA) is 81.1 Å². The Labute approximate surface area is 218 Å². The smallest absolute Gasteiger partial charge is 0.257 e. The van der Waals surface area contributed by atoms with Crippen molar-refractivity contribution in [3.05, 3.63) is 76.3 Å². The highest BCUT2D eigenvalue weighted by molar-refractivity contribution is 9.10. The summed E-state index contributed by atoms with van der Waals surface area (Å²) in [5, 5.41) is 15.1. The number of rotatable bonds is 8. The molecule has 0 bridgehead atoms. The summed E-state index contributed by atoms with van der Waals surface area (Å²) in [6.07, 6.45) is 3.43. The largest absolute Gasteiger partial charge is 0.493 e. The molecule has 180 valence electrons. The van der Waals surface area contributed by atoms with Gasteiger partial charge in [0.15, 0.2) is 5.11 Å². The Morgan fingerprint density at radius 2 is 1.80 bits per heavy atom. The third kappa shape index (κ3) is 6.23. The molecule has 0 atom stereocenters. The van der Waals surface area contributed by atoms with Crippen LogP contribution in [0.2, 0.25) is 0 Å². The minimum Gasteiger partial charge on any atom is -0.493 e. The number of nitrogens with zero attached hydrogens (tertiary/aromatic N) is 3. The van der Waals surface area contributed by atoms with E-state index in [4.69, 9.17) is 17.0 Å². The van der Waals surface area contributed by atoms with Crippen LogP contribution in [-0.2, 0) is 6.42 Å². The van der Waals surface area contributed by atoms with Crippen LogP contribution >= 0.6 is 28.1 Å². The Morgan fingerprint density at radius 1 is 1.03 bits per heavy atom. The highest BCUT2D eigenvalue weighted by Gasteiger charge is 2.12. The number of halogens is 1. The molecule has 0 spiro atoms. The third-order valence-corrected chi connectivity index (χ3v) is 6.17. The van der Waals surface area contributed by atoms with Gasteiger partial charge in [0, 0.05) is 11.3 Å². The molecule has 1 heterocycles. The fourth-order valence-corrected chi connectivity index (χ4v) is 4.24. The van der Waals surface area contributed by atoms with E-state index >= 15 is 0 Å². The van der Waals surface area contributed by atoms with Crippen LogP contribution in [0.1, 0.15) is 42.6 Å². The molecule has 0 unspecified atom stereocenters. The van der Waals surface area contributed by atoms with Crippen LogP contribution < -0.4 is 15.4 Å². The Bertz CT molecular complexity index is 1350. The van der Waals surface area contributed by atoms with Gasteiger partial charge in [-0.1, -0.05) is 25.5 Å². The van der Waals surface area contributed by atoms with Crippen LogP contribution in [0, 0.1) is 0 Å². The first-order chi connectivity index (χ1) is 17.0. The van der Waals surface area contributed by atoms with E-state index in [2.05, 4.69) is 55.8 Å². The minimum atomic E-state index is -0.319. The van der Waals surface area contributed by atoms with Gasteiger partial charge in [-0.05, 0) is 102 Å². The summed E-state index contributed by atoms with van der Waals surface area (Å²) in [7, 11) is 0. The maximum atomic E-state index is 12.6. The normalized spacial score (nSPS) is 10.8. The molecule has 0 saturated heterocycles. The maximum Gasteiger partial charge on any atom is 0.257 e. The molecule has 2 N–H and O–H groups in total. The fraction of sp³-hybridized carbons (Fsp3) is 0.231. The number of carbonyl (C=O) groups is 1. The van der Waals surface area contributed by atoms with Crippen LogP contribution in [0.5, 0.6) is 5.75 Å². The van der Waals surface area contributed by atoms with Crippen LogP contribution in [0.4, 0.5) is 5.69 Å². The summed E-state index contributed by atoms with van der Waals surface area (Å²) < 4.78 is 6.19. The van der Waals surface area contributed by atoms with Crippen molar-refractivity contribution >= 4 is 55.9 Å². The number of aromatic nitrogens is 3. The average molecular weight is 552 g/mol. The van der Waals surface area contributed by atoms with Gasteiger partial charge in [-0.2, -0.15) is 4.80 Å². The van der Waals surface area contributed by atoms with Crippen molar-refractivity contribution in [2.45, 2.75) is 33.1 Å². The Hall–Kier alpha value is -3.30. The number of anilines is 1. The Kier molecular flexibility index (Phi) is 8.09. The Balaban J connectivity index is 1.41. The van der Waals surface area contributed by atoms with Crippen LogP contribution in [-0.4, -0.2) is 32.6 Å². The van der Waals surface area contributed by atoms with Crippen LogP contribution in [0.3, 0.4) is 0 Å². The maximum absolute atomic E-state index is 12.6. The molecule has 0 aliphatic carbocycles. The number of unbranched alkanes of at least 4 members (excludes halogenated alkanes) is 1. The van der Waals surface area contributed by atoms with Gasteiger partial charge in [0.05, 0.1) is 16.8 Å². The predicted molar refractivity (Wildman–Crippen MR) is 146 cm³/mol. The minimum absolute atomic E-state index is 0.189. The number of ether oxygens (including phenoxy) is 1. The van der Waals surface area contributed by atoms with E-state index in [1.807, 2.05) is 37.3 Å². The summed E-state index contributed by atoms with van der Waals surface area (Å²) in [6, 6.07) is 19.0. The van der Waals surface area contributed by atoms with Gasteiger partial charge in [0.2, 0.25) is 0 Å². The lowest BCUT2D eigenvalue weighted by atomic mass is 10.1. The van der Waals surface area contributed by atoms with Crippen molar-refractivity contribution in [1.82, 2.24) is 20.3 Å². The summed E-state index contributed by atoms with van der Waals surface area (Å²) in [5.41, 5.74) is 4.86. The first-order valence-corrected chi connectivity index (χ1v) is 12.7. The molecular weight excluding hydrogens is 526 g/mol. The number of carbonyl (C=O) groups excluding carboxylic acids is 1. The van der Waals surface area contributed by atoms with Crippen molar-refractivity contribution in [1.29, 1.82) is 0 Å². The number of nitrogens with one attached hydrogen (secondary N) is 2. The molecule has 0 radical (unpaired) electrons. The lowest BCUT2D eigenvalue weighted by Crippen LogP contribution is -2.34. The van der Waals surface area contributed by atoms with Gasteiger partial charge >= 0.3 is 0 Å². The lowest BCUT2D eigenvalue weighted by Gasteiger charge is -2.11. The molecule has 4 rings (SSSR count). The molecule has 1 aromatic heterocycles. The van der Waals surface area contributed by atoms with Crippen molar-refractivity contribution in [3.8, 4) is 11.4 Å². The van der Waals surface area contributed by atoms with Crippen molar-refractivity contribution in [3.63, 3.8) is 0 Å². The zero-order valence-corrected chi connectivity index (χ0v) is 21.9. The van der Waals surface area contributed by atoms with Gasteiger partial charge in [0.25, 0.3) is 5.91 Å². The molecule has 0 aliphatic rings. The highest BCUT2D eigenvalue weighted by Crippen LogP contribution is 2.26. The third-order valence-electron chi connectivity index (χ3n) is 5.35. The number of hydrogen-bond acceptors (Lipinski definition) is 5. The summed E-state index contributed by atoms with van der Waals surface area (Å²) in [4.78, 5) is 14.2. The van der Waals surface area contributed by atoms with E-state index in [1.165, 1.54) is 18.4 Å². The van der Waals surface area contributed by atoms with E-state index in [0.717, 1.165) is 23.1 Å². The predicted octanol–water partition coefficient (Wildman–Crippen LogP) is 6.05.